The van der Waals surface area contributed by atoms with Crippen LogP contribution in [-0.4, -0.2) is 30.6 Å². The molecule has 1 aliphatic rings. The zero-order chi connectivity index (χ0) is 15.0. The fraction of sp³-hybridized carbons (Fsp3) is 0.647. The lowest BCUT2D eigenvalue weighted by Gasteiger charge is -2.21. The molecule has 1 aromatic heterocycles. The van der Waals surface area contributed by atoms with Crippen LogP contribution >= 0.6 is 24.0 Å². The lowest BCUT2D eigenvalue weighted by atomic mass is 9.89. The number of nitrogens with zero attached hydrogens (tertiary/aromatic N) is 2. The molecule has 1 aromatic rings. The highest BCUT2D eigenvalue weighted by Gasteiger charge is 2.28. The van der Waals surface area contributed by atoms with Crippen LogP contribution in [0.1, 0.15) is 45.2 Å². The Morgan fingerprint density at radius 2 is 2.05 bits per heavy atom. The standard InChI is InChI=1S/C17H28N4.HI/c1-3-18-16(21-14-17(2)10-5-6-11-17)20-13-9-15-8-4-7-12-19-15;/h4,7-8,12H,3,5-6,9-11,13-14H2,1-2H3,(H2,18,20,21);1H. The van der Waals surface area contributed by atoms with Crippen molar-refractivity contribution in [2.75, 3.05) is 19.6 Å². The molecule has 1 heterocycles. The Labute approximate surface area is 151 Å². The Morgan fingerprint density at radius 3 is 2.68 bits per heavy atom. The highest BCUT2D eigenvalue weighted by Crippen LogP contribution is 2.37. The summed E-state index contributed by atoms with van der Waals surface area (Å²) in [6.45, 7) is 7.14. The third-order valence-corrected chi connectivity index (χ3v) is 4.17. The second-order valence-corrected chi connectivity index (χ2v) is 6.21. The Hall–Kier alpha value is -0.850. The van der Waals surface area contributed by atoms with Crippen LogP contribution in [0.3, 0.4) is 0 Å². The molecule has 0 unspecified atom stereocenters. The van der Waals surface area contributed by atoms with Gasteiger partial charge < -0.3 is 10.6 Å². The van der Waals surface area contributed by atoms with Crippen LogP contribution in [0.25, 0.3) is 0 Å². The predicted octanol–water partition coefficient (Wildman–Crippen LogP) is 3.38. The normalized spacial score (nSPS) is 16.9. The number of halogens is 1. The molecule has 1 fully saturated rings. The van der Waals surface area contributed by atoms with Gasteiger partial charge in [-0.1, -0.05) is 25.8 Å². The molecule has 2 N–H and O–H groups in total. The van der Waals surface area contributed by atoms with Crippen LogP contribution in [-0.2, 0) is 6.42 Å². The Kier molecular flexibility index (Phi) is 8.75. The van der Waals surface area contributed by atoms with Crippen molar-refractivity contribution in [3.63, 3.8) is 0 Å². The van der Waals surface area contributed by atoms with Gasteiger partial charge in [0.1, 0.15) is 0 Å². The molecule has 0 amide bonds. The Balaban J connectivity index is 0.00000242. The zero-order valence-corrected chi connectivity index (χ0v) is 16.1. The summed E-state index contributed by atoms with van der Waals surface area (Å²) in [6.07, 6.45) is 8.09. The first-order valence-electron chi connectivity index (χ1n) is 8.14. The minimum Gasteiger partial charge on any atom is -0.357 e. The molecule has 1 aliphatic carbocycles. The second-order valence-electron chi connectivity index (χ2n) is 6.21. The molecule has 0 spiro atoms. The first-order chi connectivity index (χ1) is 10.2. The number of aliphatic imine (C=N–C) groups is 1. The first-order valence-corrected chi connectivity index (χ1v) is 8.14. The lowest BCUT2D eigenvalue weighted by molar-refractivity contribution is 0.350. The van der Waals surface area contributed by atoms with Crippen LogP contribution in [0.2, 0.25) is 0 Å². The van der Waals surface area contributed by atoms with Crippen molar-refractivity contribution in [1.29, 1.82) is 0 Å². The van der Waals surface area contributed by atoms with E-state index in [1.807, 2.05) is 18.3 Å². The SMILES string of the molecule is CCNC(=NCC1(C)CCCC1)NCCc1ccccn1.I. The van der Waals surface area contributed by atoms with Gasteiger partial charge in [-0.2, -0.15) is 0 Å². The molecule has 0 radical (unpaired) electrons. The first kappa shape index (κ1) is 19.2. The molecule has 22 heavy (non-hydrogen) atoms. The number of nitrogens with one attached hydrogen (secondary N) is 2. The van der Waals surface area contributed by atoms with Crippen LogP contribution in [0.4, 0.5) is 0 Å². The van der Waals surface area contributed by atoms with Crippen molar-refractivity contribution < 1.29 is 0 Å². The molecule has 2 rings (SSSR count). The molecule has 1 saturated carbocycles. The number of rotatable bonds is 6. The molecule has 0 atom stereocenters. The Morgan fingerprint density at radius 1 is 1.27 bits per heavy atom. The summed E-state index contributed by atoms with van der Waals surface area (Å²) in [5.41, 5.74) is 1.52. The quantitative estimate of drug-likeness (QED) is 0.425. The topological polar surface area (TPSA) is 49.3 Å². The van der Waals surface area contributed by atoms with Crippen LogP contribution in [0, 0.1) is 5.41 Å². The van der Waals surface area contributed by atoms with Crippen molar-refractivity contribution >= 4 is 29.9 Å². The minimum atomic E-state index is 0. The van der Waals surface area contributed by atoms with Crippen molar-refractivity contribution in [3.8, 4) is 0 Å². The molecule has 0 aromatic carbocycles. The van der Waals surface area contributed by atoms with Crippen molar-refractivity contribution in [2.45, 2.75) is 46.0 Å². The minimum absolute atomic E-state index is 0. The lowest BCUT2D eigenvalue weighted by Crippen LogP contribution is -2.39. The fourth-order valence-corrected chi connectivity index (χ4v) is 2.85. The molecule has 0 saturated heterocycles. The number of pyridine rings is 1. The largest absolute Gasteiger partial charge is 0.357 e. The molecule has 124 valence electrons. The van der Waals surface area contributed by atoms with Crippen molar-refractivity contribution in [3.05, 3.63) is 30.1 Å². The number of aromatic nitrogens is 1. The number of guanidine groups is 1. The summed E-state index contributed by atoms with van der Waals surface area (Å²) in [5, 5.41) is 6.74. The molecular formula is C17H29IN4. The van der Waals surface area contributed by atoms with E-state index in [2.05, 4.69) is 35.5 Å². The summed E-state index contributed by atoms with van der Waals surface area (Å²) in [4.78, 5) is 9.11. The van der Waals surface area contributed by atoms with Gasteiger partial charge in [-0.25, -0.2) is 0 Å². The van der Waals surface area contributed by atoms with E-state index in [1.165, 1.54) is 25.7 Å². The maximum Gasteiger partial charge on any atom is 0.191 e. The predicted molar refractivity (Wildman–Crippen MR) is 104 cm³/mol. The van der Waals surface area contributed by atoms with Crippen molar-refractivity contribution in [1.82, 2.24) is 15.6 Å². The molecular weight excluding hydrogens is 387 g/mol. The summed E-state index contributed by atoms with van der Waals surface area (Å²) < 4.78 is 0. The van der Waals surface area contributed by atoms with Gasteiger partial charge in [-0.3, -0.25) is 9.98 Å². The van der Waals surface area contributed by atoms with Crippen molar-refractivity contribution in [2.24, 2.45) is 10.4 Å². The van der Waals surface area contributed by atoms with Gasteiger partial charge in [0.25, 0.3) is 0 Å². The molecule has 0 aliphatic heterocycles. The van der Waals surface area contributed by atoms with E-state index in [4.69, 9.17) is 4.99 Å². The van der Waals surface area contributed by atoms with E-state index in [9.17, 15) is 0 Å². The summed E-state index contributed by atoms with van der Waals surface area (Å²) in [6, 6.07) is 6.04. The Bertz CT molecular complexity index is 441. The van der Waals surface area contributed by atoms with E-state index in [0.29, 0.717) is 5.41 Å². The van der Waals surface area contributed by atoms with E-state index >= 15 is 0 Å². The van der Waals surface area contributed by atoms with Gasteiger partial charge >= 0.3 is 0 Å². The van der Waals surface area contributed by atoms with Gasteiger partial charge in [0.15, 0.2) is 5.96 Å². The highest BCUT2D eigenvalue weighted by molar-refractivity contribution is 14.0. The average Bonchev–Trinajstić information content (AvgIpc) is 2.93. The summed E-state index contributed by atoms with van der Waals surface area (Å²) >= 11 is 0. The molecule has 4 nitrogen and oxygen atoms in total. The smallest absolute Gasteiger partial charge is 0.191 e. The van der Waals surface area contributed by atoms with E-state index in [-0.39, 0.29) is 24.0 Å². The maximum absolute atomic E-state index is 4.77. The summed E-state index contributed by atoms with van der Waals surface area (Å²) in [7, 11) is 0. The van der Waals surface area contributed by atoms with E-state index in [1.54, 1.807) is 0 Å². The van der Waals surface area contributed by atoms with Gasteiger partial charge in [0.2, 0.25) is 0 Å². The second kappa shape index (κ2) is 10.0. The summed E-state index contributed by atoms with van der Waals surface area (Å²) in [5.74, 6) is 0.932. The highest BCUT2D eigenvalue weighted by atomic mass is 127. The average molecular weight is 416 g/mol. The van der Waals surface area contributed by atoms with Gasteiger partial charge in [0, 0.05) is 37.9 Å². The van der Waals surface area contributed by atoms with Gasteiger partial charge in [-0.05, 0) is 37.3 Å². The van der Waals surface area contributed by atoms with E-state index in [0.717, 1.165) is 37.7 Å². The van der Waals surface area contributed by atoms with Crippen LogP contribution in [0.15, 0.2) is 29.4 Å². The monoisotopic (exact) mass is 416 g/mol. The van der Waals surface area contributed by atoms with Gasteiger partial charge in [0.05, 0.1) is 0 Å². The molecule has 5 heteroatoms. The third kappa shape index (κ3) is 6.50. The van der Waals surface area contributed by atoms with Crippen LogP contribution in [0.5, 0.6) is 0 Å². The zero-order valence-electron chi connectivity index (χ0n) is 13.8. The number of hydrogen-bond donors (Lipinski definition) is 2. The van der Waals surface area contributed by atoms with Gasteiger partial charge in [-0.15, -0.1) is 24.0 Å². The van der Waals surface area contributed by atoms with E-state index < -0.39 is 0 Å². The van der Waals surface area contributed by atoms with Crippen LogP contribution < -0.4 is 10.6 Å². The fourth-order valence-electron chi connectivity index (χ4n) is 2.85. The maximum atomic E-state index is 4.77. The molecule has 0 bridgehead atoms. The number of hydrogen-bond acceptors (Lipinski definition) is 2. The third-order valence-electron chi connectivity index (χ3n) is 4.17.